The fraction of sp³-hybridized carbons (Fsp3) is 0.120. The van der Waals surface area contributed by atoms with E-state index in [4.69, 9.17) is 0 Å². The van der Waals surface area contributed by atoms with Gasteiger partial charge in [-0.25, -0.2) is 0 Å². The monoisotopic (exact) mass is 666 g/mol. The summed E-state index contributed by atoms with van der Waals surface area (Å²) in [6.45, 7) is 9.12. The first-order valence-electron chi connectivity index (χ1n) is 18.6. The molecule has 3 heterocycles. The molecule has 0 aliphatic heterocycles. The van der Waals surface area contributed by atoms with Crippen LogP contribution in [0.2, 0.25) is 0 Å². The van der Waals surface area contributed by atoms with Gasteiger partial charge in [0, 0.05) is 38.0 Å². The summed E-state index contributed by atoms with van der Waals surface area (Å²) in [6, 6.07) is 55.3. The molecule has 8 aromatic carbocycles. The van der Waals surface area contributed by atoms with Crippen LogP contribution in [-0.2, 0) is 0 Å². The van der Waals surface area contributed by atoms with Gasteiger partial charge in [0.1, 0.15) is 0 Å². The van der Waals surface area contributed by atoms with Crippen molar-refractivity contribution < 1.29 is 0 Å². The molecule has 0 spiro atoms. The molecular weight excluding hydrogens is 629 g/mol. The number of rotatable bonds is 4. The lowest BCUT2D eigenvalue weighted by molar-refractivity contribution is 0.869. The van der Waals surface area contributed by atoms with E-state index in [0.29, 0.717) is 11.8 Å². The number of aromatic nitrogens is 2. The normalized spacial score (nSPS) is 12.6. The second-order valence-electron chi connectivity index (χ2n) is 15.4. The zero-order valence-corrected chi connectivity index (χ0v) is 29.9. The highest BCUT2D eigenvalue weighted by Crippen LogP contribution is 2.45. The zero-order chi connectivity index (χ0) is 34.8. The predicted molar refractivity (Wildman–Crippen MR) is 224 cm³/mol. The smallest absolute Gasteiger partial charge is 0.0620 e. The molecule has 3 aromatic heterocycles. The molecule has 0 N–H and O–H groups in total. The number of fused-ring (bicyclic) bond motifs is 11. The SMILES string of the molecule is CC(C)c1ccc2cc3c(cc2c1)c1cc(-c2ccc4c5ccccc5n(-c5ccccc5)c4c2)cc2c4cc5cc(C(C)C)ccc5cc4n3c12. The first-order valence-corrected chi connectivity index (χ1v) is 18.6. The molecule has 11 aromatic rings. The van der Waals surface area contributed by atoms with Crippen molar-refractivity contribution in [3.63, 3.8) is 0 Å². The van der Waals surface area contributed by atoms with E-state index in [1.165, 1.54) is 109 Å². The predicted octanol–water partition coefficient (Wildman–Crippen LogP) is 14.2. The Kier molecular flexibility index (Phi) is 6.09. The maximum Gasteiger partial charge on any atom is 0.0620 e. The van der Waals surface area contributed by atoms with Gasteiger partial charge >= 0.3 is 0 Å². The lowest BCUT2D eigenvalue weighted by atomic mass is 9.95. The minimum Gasteiger partial charge on any atom is -0.309 e. The number of hydrogen-bond donors (Lipinski definition) is 0. The van der Waals surface area contributed by atoms with Gasteiger partial charge in [-0.3, -0.25) is 0 Å². The van der Waals surface area contributed by atoms with E-state index in [0.717, 1.165) is 0 Å². The topological polar surface area (TPSA) is 9.34 Å². The van der Waals surface area contributed by atoms with E-state index in [9.17, 15) is 0 Å². The van der Waals surface area contributed by atoms with E-state index in [-0.39, 0.29) is 0 Å². The summed E-state index contributed by atoms with van der Waals surface area (Å²) in [5.41, 5.74) is 12.7. The molecule has 0 fully saturated rings. The third kappa shape index (κ3) is 4.12. The van der Waals surface area contributed by atoms with Crippen LogP contribution in [0, 0.1) is 0 Å². The molecule has 2 heteroatoms. The van der Waals surface area contributed by atoms with Gasteiger partial charge in [-0.1, -0.05) is 113 Å². The van der Waals surface area contributed by atoms with E-state index >= 15 is 0 Å². The van der Waals surface area contributed by atoms with Crippen LogP contribution in [0.5, 0.6) is 0 Å². The molecule has 248 valence electrons. The maximum atomic E-state index is 2.54. The first kappa shape index (κ1) is 29.6. The van der Waals surface area contributed by atoms with Crippen molar-refractivity contribution in [1.29, 1.82) is 0 Å². The standard InChI is InChI=1S/C50H38N2/c1-29(2)31-14-16-33-27-48-42(22-36(33)20-31)44-24-38(25-45-43-23-37-21-32(30(3)4)15-17-34(37)28-49(43)52(48)50(44)45)35-18-19-41-40-12-8-9-13-46(40)51(47(41)26-35)39-10-6-5-7-11-39/h5-30H,1-4H3. The summed E-state index contributed by atoms with van der Waals surface area (Å²) in [6.07, 6.45) is 0. The summed E-state index contributed by atoms with van der Waals surface area (Å²) in [7, 11) is 0. The molecule has 0 saturated heterocycles. The Hall–Kier alpha value is -6.12. The highest BCUT2D eigenvalue weighted by atomic mass is 15.0. The van der Waals surface area contributed by atoms with Crippen molar-refractivity contribution in [2.45, 2.75) is 39.5 Å². The highest BCUT2D eigenvalue weighted by Gasteiger charge is 2.21. The molecule has 52 heavy (non-hydrogen) atoms. The van der Waals surface area contributed by atoms with E-state index in [1.54, 1.807) is 0 Å². The quantitative estimate of drug-likeness (QED) is 0.177. The zero-order valence-electron chi connectivity index (χ0n) is 29.9. The average molecular weight is 667 g/mol. The number of para-hydroxylation sites is 2. The fourth-order valence-corrected chi connectivity index (χ4v) is 8.96. The van der Waals surface area contributed by atoms with Crippen LogP contribution < -0.4 is 0 Å². The van der Waals surface area contributed by atoms with Crippen molar-refractivity contribution in [2.24, 2.45) is 0 Å². The molecule has 0 bridgehead atoms. The largest absolute Gasteiger partial charge is 0.309 e. The molecular formula is C50H38N2. The lowest BCUT2D eigenvalue weighted by Gasteiger charge is -2.10. The molecule has 0 radical (unpaired) electrons. The van der Waals surface area contributed by atoms with Crippen molar-refractivity contribution in [3.05, 3.63) is 157 Å². The van der Waals surface area contributed by atoms with Crippen molar-refractivity contribution in [1.82, 2.24) is 8.97 Å². The Morgan fingerprint density at radius 3 is 1.56 bits per heavy atom. The second-order valence-corrected chi connectivity index (χ2v) is 15.4. The van der Waals surface area contributed by atoms with E-state index < -0.39 is 0 Å². The minimum atomic E-state index is 0.483. The van der Waals surface area contributed by atoms with E-state index in [1.807, 2.05) is 0 Å². The lowest BCUT2D eigenvalue weighted by Crippen LogP contribution is -1.93. The van der Waals surface area contributed by atoms with Crippen LogP contribution >= 0.6 is 0 Å². The number of benzene rings is 8. The molecule has 0 unspecified atom stereocenters. The van der Waals surface area contributed by atoms with E-state index in [2.05, 4.69) is 182 Å². The second kappa shape index (κ2) is 10.7. The molecule has 0 aliphatic rings. The van der Waals surface area contributed by atoms with Gasteiger partial charge in [0.2, 0.25) is 0 Å². The van der Waals surface area contributed by atoms with Crippen LogP contribution in [-0.4, -0.2) is 8.97 Å². The Balaban J connectivity index is 1.25. The van der Waals surface area contributed by atoms with Crippen LogP contribution in [0.15, 0.2) is 146 Å². The summed E-state index contributed by atoms with van der Waals surface area (Å²) < 4.78 is 4.96. The minimum absolute atomic E-state index is 0.483. The van der Waals surface area contributed by atoms with Gasteiger partial charge in [-0.2, -0.15) is 0 Å². The third-order valence-electron chi connectivity index (χ3n) is 11.7. The van der Waals surface area contributed by atoms with Gasteiger partial charge in [0.05, 0.1) is 27.6 Å². The van der Waals surface area contributed by atoms with Crippen LogP contribution in [0.4, 0.5) is 0 Å². The number of hydrogen-bond acceptors (Lipinski definition) is 0. The summed E-state index contributed by atoms with van der Waals surface area (Å²) in [5.74, 6) is 0.965. The molecule has 0 atom stereocenters. The number of nitrogens with zero attached hydrogens (tertiary/aromatic N) is 2. The van der Waals surface area contributed by atoms with Crippen molar-refractivity contribution in [3.8, 4) is 16.8 Å². The highest BCUT2D eigenvalue weighted by molar-refractivity contribution is 6.27. The van der Waals surface area contributed by atoms with Crippen LogP contribution in [0.1, 0.15) is 50.7 Å². The van der Waals surface area contributed by atoms with Crippen LogP contribution in [0.25, 0.3) is 98.3 Å². The Morgan fingerprint density at radius 1 is 0.365 bits per heavy atom. The van der Waals surface area contributed by atoms with Crippen molar-refractivity contribution in [2.75, 3.05) is 0 Å². The summed E-state index contributed by atoms with van der Waals surface area (Å²) in [4.78, 5) is 0. The van der Waals surface area contributed by atoms with Gasteiger partial charge < -0.3 is 8.97 Å². The molecule has 0 saturated carbocycles. The summed E-state index contributed by atoms with van der Waals surface area (Å²) in [5, 5.41) is 13.0. The molecule has 11 rings (SSSR count). The molecule has 2 nitrogen and oxygen atoms in total. The molecule has 0 amide bonds. The molecule has 0 aliphatic carbocycles. The Bertz CT molecular complexity index is 3090. The van der Waals surface area contributed by atoms with Crippen molar-refractivity contribution >= 4 is 81.4 Å². The first-order chi connectivity index (χ1) is 25.4. The Morgan fingerprint density at radius 2 is 0.942 bits per heavy atom. The van der Waals surface area contributed by atoms with Gasteiger partial charge in [0.25, 0.3) is 0 Å². The van der Waals surface area contributed by atoms with Gasteiger partial charge in [-0.15, -0.1) is 0 Å². The Labute approximate surface area is 302 Å². The van der Waals surface area contributed by atoms with Gasteiger partial charge in [0.15, 0.2) is 0 Å². The summed E-state index contributed by atoms with van der Waals surface area (Å²) >= 11 is 0. The third-order valence-corrected chi connectivity index (χ3v) is 11.7. The fourth-order valence-electron chi connectivity index (χ4n) is 8.96. The maximum absolute atomic E-state index is 2.54. The van der Waals surface area contributed by atoms with Crippen LogP contribution in [0.3, 0.4) is 0 Å². The average Bonchev–Trinajstić information content (AvgIpc) is 3.79. The van der Waals surface area contributed by atoms with Gasteiger partial charge in [-0.05, 0) is 116 Å².